The minimum Gasteiger partial charge on any atom is -0.312 e. The lowest BCUT2D eigenvalue weighted by molar-refractivity contribution is 0.170. The maximum Gasteiger partial charge on any atom is 0.0209 e. The van der Waals surface area contributed by atoms with E-state index in [0.717, 1.165) is 6.04 Å². The van der Waals surface area contributed by atoms with Crippen LogP contribution in [-0.2, 0) is 0 Å². The molecular weight excluding hydrogens is 226 g/mol. The van der Waals surface area contributed by atoms with Crippen LogP contribution in [0.4, 0.5) is 0 Å². The molecule has 2 rings (SSSR count). The lowest BCUT2D eigenvalue weighted by Crippen LogP contribution is -2.50. The Morgan fingerprint density at radius 1 is 1.06 bits per heavy atom. The Morgan fingerprint density at radius 2 is 1.76 bits per heavy atom. The van der Waals surface area contributed by atoms with E-state index in [1.54, 1.807) is 0 Å². The quantitative estimate of drug-likeness (QED) is 0.815. The Morgan fingerprint density at radius 3 is 2.41 bits per heavy atom. The minimum atomic E-state index is 0.496. The summed E-state index contributed by atoms with van der Waals surface area (Å²) in [4.78, 5) is 0. The molecule has 0 aromatic carbocycles. The summed E-state index contributed by atoms with van der Waals surface area (Å²) in [5.41, 5.74) is 1.08. The second-order valence-electron chi connectivity index (χ2n) is 7.12. The van der Waals surface area contributed by atoms with Gasteiger partial charge in [-0.05, 0) is 35.8 Å². The van der Waals surface area contributed by atoms with E-state index in [4.69, 9.17) is 0 Å². The van der Waals surface area contributed by atoms with Crippen LogP contribution in [0.2, 0.25) is 0 Å². The summed E-state index contributed by atoms with van der Waals surface area (Å²) in [7, 11) is 0. The Kier molecular flexibility index (Phi) is 4.46. The van der Waals surface area contributed by atoms with Crippen molar-refractivity contribution in [2.45, 2.75) is 65.3 Å². The molecule has 1 unspecified atom stereocenters. The summed E-state index contributed by atoms with van der Waals surface area (Å²) in [6.45, 7) is 8.60. The molecule has 0 aromatic heterocycles. The van der Waals surface area contributed by atoms with Crippen molar-refractivity contribution >= 4 is 11.8 Å². The molecule has 0 radical (unpaired) electrons. The molecule has 1 heterocycles. The lowest BCUT2D eigenvalue weighted by atomic mass is 9.75. The van der Waals surface area contributed by atoms with Crippen molar-refractivity contribution in [1.82, 2.24) is 5.32 Å². The normalized spacial score (nSPS) is 32.3. The van der Waals surface area contributed by atoms with Gasteiger partial charge in [0.25, 0.3) is 0 Å². The first-order valence-electron chi connectivity index (χ1n) is 7.33. The van der Waals surface area contributed by atoms with Crippen LogP contribution in [-0.4, -0.2) is 24.1 Å². The van der Waals surface area contributed by atoms with Crippen LogP contribution in [0.15, 0.2) is 0 Å². The molecule has 1 N–H and O–H groups in total. The van der Waals surface area contributed by atoms with Gasteiger partial charge in [0.05, 0.1) is 0 Å². The van der Waals surface area contributed by atoms with Gasteiger partial charge in [-0.25, -0.2) is 0 Å². The van der Waals surface area contributed by atoms with Gasteiger partial charge in [-0.2, -0.15) is 11.8 Å². The van der Waals surface area contributed by atoms with Gasteiger partial charge in [-0.15, -0.1) is 0 Å². The first-order valence-corrected chi connectivity index (χ1v) is 8.49. The van der Waals surface area contributed by atoms with Crippen molar-refractivity contribution in [3.8, 4) is 0 Å². The fourth-order valence-corrected chi connectivity index (χ4v) is 4.86. The lowest BCUT2D eigenvalue weighted by Gasteiger charge is -2.42. The van der Waals surface area contributed by atoms with Crippen LogP contribution in [0.1, 0.15) is 59.3 Å². The van der Waals surface area contributed by atoms with Gasteiger partial charge >= 0.3 is 0 Å². The summed E-state index contributed by atoms with van der Waals surface area (Å²) in [5.74, 6) is 2.66. The Balaban J connectivity index is 1.84. The fourth-order valence-electron chi connectivity index (χ4n) is 3.22. The Labute approximate surface area is 112 Å². The molecule has 0 aromatic rings. The second-order valence-corrected chi connectivity index (χ2v) is 8.27. The van der Waals surface area contributed by atoms with E-state index in [-0.39, 0.29) is 0 Å². The van der Waals surface area contributed by atoms with E-state index < -0.39 is 0 Å². The van der Waals surface area contributed by atoms with Gasteiger partial charge in [-0.1, -0.05) is 40.0 Å². The highest BCUT2D eigenvalue weighted by Gasteiger charge is 2.34. The molecule has 1 atom stereocenters. The largest absolute Gasteiger partial charge is 0.312 e. The molecule has 1 saturated heterocycles. The third kappa shape index (κ3) is 3.64. The van der Waals surface area contributed by atoms with E-state index >= 15 is 0 Å². The van der Waals surface area contributed by atoms with Gasteiger partial charge in [0.15, 0.2) is 0 Å². The summed E-state index contributed by atoms with van der Waals surface area (Å²) >= 11 is 2.13. The number of nitrogens with one attached hydrogen (secondary N) is 1. The van der Waals surface area contributed by atoms with Crippen LogP contribution in [0.25, 0.3) is 0 Å². The van der Waals surface area contributed by atoms with Crippen molar-refractivity contribution in [2.75, 3.05) is 18.1 Å². The third-order valence-electron chi connectivity index (χ3n) is 4.95. The molecule has 100 valence electrons. The standard InChI is InChI=1S/C15H29NS/c1-14(2)9-10-17-11-13(14)16-12-15(3)7-5-4-6-8-15/h13,16H,4-12H2,1-3H3. The number of hydrogen-bond acceptors (Lipinski definition) is 2. The molecule has 1 saturated carbocycles. The van der Waals surface area contributed by atoms with Gasteiger partial charge in [0.1, 0.15) is 0 Å². The first-order chi connectivity index (χ1) is 8.02. The topological polar surface area (TPSA) is 12.0 Å². The van der Waals surface area contributed by atoms with Crippen LogP contribution >= 0.6 is 11.8 Å². The van der Waals surface area contributed by atoms with Crippen LogP contribution < -0.4 is 5.32 Å². The molecule has 2 aliphatic rings. The van der Waals surface area contributed by atoms with Gasteiger partial charge < -0.3 is 5.32 Å². The van der Waals surface area contributed by atoms with Crippen molar-refractivity contribution in [1.29, 1.82) is 0 Å². The third-order valence-corrected chi connectivity index (χ3v) is 6.02. The summed E-state index contributed by atoms with van der Waals surface area (Å²) in [6.07, 6.45) is 8.58. The average molecular weight is 255 g/mol. The second kappa shape index (κ2) is 5.52. The van der Waals surface area contributed by atoms with Crippen LogP contribution in [0.3, 0.4) is 0 Å². The molecular formula is C15H29NS. The monoisotopic (exact) mass is 255 g/mol. The molecule has 0 bridgehead atoms. The zero-order valence-electron chi connectivity index (χ0n) is 11.8. The zero-order chi connectivity index (χ0) is 12.4. The SMILES string of the molecule is CC1(CNC2CSCCC2(C)C)CCCCC1. The first kappa shape index (κ1) is 13.7. The van der Waals surface area contributed by atoms with Crippen molar-refractivity contribution in [2.24, 2.45) is 10.8 Å². The highest BCUT2D eigenvalue weighted by Crippen LogP contribution is 2.37. The molecule has 1 nitrogen and oxygen atoms in total. The Bertz CT molecular complexity index is 243. The molecule has 1 aliphatic carbocycles. The van der Waals surface area contributed by atoms with Crippen molar-refractivity contribution in [3.63, 3.8) is 0 Å². The number of rotatable bonds is 3. The van der Waals surface area contributed by atoms with Gasteiger partial charge in [0, 0.05) is 18.3 Å². The highest BCUT2D eigenvalue weighted by atomic mass is 32.2. The van der Waals surface area contributed by atoms with Gasteiger partial charge in [-0.3, -0.25) is 0 Å². The van der Waals surface area contributed by atoms with Crippen molar-refractivity contribution in [3.05, 3.63) is 0 Å². The Hall–Kier alpha value is 0.310. The van der Waals surface area contributed by atoms with E-state index in [1.807, 2.05) is 0 Å². The van der Waals surface area contributed by atoms with E-state index in [0.29, 0.717) is 10.8 Å². The molecule has 2 heteroatoms. The maximum atomic E-state index is 3.90. The molecule has 2 fully saturated rings. The van der Waals surface area contributed by atoms with Crippen LogP contribution in [0.5, 0.6) is 0 Å². The molecule has 0 amide bonds. The summed E-state index contributed by atoms with van der Waals surface area (Å²) in [5, 5.41) is 3.90. The maximum absolute atomic E-state index is 3.90. The van der Waals surface area contributed by atoms with Crippen molar-refractivity contribution < 1.29 is 0 Å². The van der Waals surface area contributed by atoms with Gasteiger partial charge in [0.2, 0.25) is 0 Å². The smallest absolute Gasteiger partial charge is 0.0209 e. The number of thioether (sulfide) groups is 1. The van der Waals surface area contributed by atoms with E-state index in [1.165, 1.54) is 56.6 Å². The average Bonchev–Trinajstić information content (AvgIpc) is 2.28. The molecule has 0 spiro atoms. The zero-order valence-corrected chi connectivity index (χ0v) is 12.7. The predicted octanol–water partition coefficient (Wildman–Crippen LogP) is 4.08. The highest BCUT2D eigenvalue weighted by molar-refractivity contribution is 7.99. The summed E-state index contributed by atoms with van der Waals surface area (Å²) < 4.78 is 0. The van der Waals surface area contributed by atoms with E-state index in [9.17, 15) is 0 Å². The summed E-state index contributed by atoms with van der Waals surface area (Å²) in [6, 6.07) is 0.722. The molecule has 1 aliphatic heterocycles. The molecule has 17 heavy (non-hydrogen) atoms. The predicted molar refractivity (Wildman–Crippen MR) is 78.7 cm³/mol. The fraction of sp³-hybridized carbons (Fsp3) is 1.00. The van der Waals surface area contributed by atoms with Crippen LogP contribution in [0, 0.1) is 10.8 Å². The van der Waals surface area contributed by atoms with E-state index in [2.05, 4.69) is 37.8 Å². The minimum absolute atomic E-state index is 0.496. The number of hydrogen-bond donors (Lipinski definition) is 1.